The number of benzene rings is 1. The van der Waals surface area contributed by atoms with Crippen LogP contribution in [0.3, 0.4) is 0 Å². The maximum atomic E-state index is 11.9. The molecule has 0 aliphatic rings. The molecule has 1 N–H and O–H groups in total. The fourth-order valence-electron chi connectivity index (χ4n) is 2.30. The summed E-state index contributed by atoms with van der Waals surface area (Å²) in [5.74, 6) is 1.27. The van der Waals surface area contributed by atoms with Gasteiger partial charge in [-0.2, -0.15) is 0 Å². The van der Waals surface area contributed by atoms with Gasteiger partial charge in [0.15, 0.2) is 6.61 Å². The van der Waals surface area contributed by atoms with Crippen LogP contribution in [0.5, 0.6) is 5.75 Å². The highest BCUT2D eigenvalue weighted by Crippen LogP contribution is 2.25. The van der Waals surface area contributed by atoms with Crippen LogP contribution >= 0.6 is 11.3 Å². The Morgan fingerprint density at radius 1 is 1.21 bits per heavy atom. The van der Waals surface area contributed by atoms with Gasteiger partial charge in [0.05, 0.1) is 0 Å². The molecule has 0 unspecified atom stereocenters. The van der Waals surface area contributed by atoms with Gasteiger partial charge in [-0.15, -0.1) is 11.3 Å². The van der Waals surface area contributed by atoms with Crippen LogP contribution in [-0.2, 0) is 4.79 Å². The number of amides is 1. The monoisotopic (exact) mass is 346 g/mol. The highest BCUT2D eigenvalue weighted by Gasteiger charge is 2.09. The van der Waals surface area contributed by atoms with Crippen molar-refractivity contribution in [3.8, 4) is 16.3 Å². The lowest BCUT2D eigenvalue weighted by Gasteiger charge is -2.15. The molecule has 24 heavy (non-hydrogen) atoms. The Kier molecular flexibility index (Phi) is 6.79. The van der Waals surface area contributed by atoms with Gasteiger partial charge in [0, 0.05) is 22.7 Å². The van der Waals surface area contributed by atoms with Gasteiger partial charge in [0.2, 0.25) is 0 Å². The van der Waals surface area contributed by atoms with Crippen LogP contribution in [0.2, 0.25) is 0 Å². The normalized spacial score (nSPS) is 12.2. The van der Waals surface area contributed by atoms with Crippen LogP contribution in [0.4, 0.5) is 0 Å². The van der Waals surface area contributed by atoms with Gasteiger partial charge in [-0.3, -0.25) is 4.79 Å². The van der Waals surface area contributed by atoms with E-state index in [-0.39, 0.29) is 18.6 Å². The maximum absolute atomic E-state index is 11.9. The number of nitrogens with one attached hydrogen (secondary N) is 1. The van der Waals surface area contributed by atoms with E-state index in [1.54, 1.807) is 11.3 Å². The summed E-state index contributed by atoms with van der Waals surface area (Å²) in [6.45, 7) is 8.44. The lowest BCUT2D eigenvalue weighted by molar-refractivity contribution is -0.123. The third kappa shape index (κ3) is 5.96. The summed E-state index contributed by atoms with van der Waals surface area (Å²) in [7, 11) is 0. The SMILES string of the molecule is Cc1csc(-c2ccc(OCC(=O)N[C@H](C)CCC(C)C)cc2)n1. The molecule has 4 nitrogen and oxygen atoms in total. The molecule has 0 spiro atoms. The van der Waals surface area contributed by atoms with Crippen LogP contribution in [0.15, 0.2) is 29.6 Å². The molecule has 2 aromatic rings. The van der Waals surface area contributed by atoms with Crippen LogP contribution in [-0.4, -0.2) is 23.5 Å². The first-order chi connectivity index (χ1) is 11.4. The molecule has 0 radical (unpaired) electrons. The minimum atomic E-state index is -0.0779. The number of ether oxygens (including phenoxy) is 1. The summed E-state index contributed by atoms with van der Waals surface area (Å²) < 4.78 is 5.56. The summed E-state index contributed by atoms with van der Waals surface area (Å²) in [5.41, 5.74) is 2.09. The number of hydrogen-bond acceptors (Lipinski definition) is 4. The van der Waals surface area contributed by atoms with Gasteiger partial charge < -0.3 is 10.1 Å². The number of aryl methyl sites for hydroxylation is 1. The van der Waals surface area contributed by atoms with Crippen molar-refractivity contribution in [3.63, 3.8) is 0 Å². The van der Waals surface area contributed by atoms with Crippen molar-refractivity contribution in [2.45, 2.75) is 46.6 Å². The molecule has 2 rings (SSSR count). The highest BCUT2D eigenvalue weighted by molar-refractivity contribution is 7.13. The maximum Gasteiger partial charge on any atom is 0.258 e. The third-order valence-corrected chi connectivity index (χ3v) is 4.68. The van der Waals surface area contributed by atoms with E-state index >= 15 is 0 Å². The van der Waals surface area contributed by atoms with E-state index in [4.69, 9.17) is 4.74 Å². The fraction of sp³-hybridized carbons (Fsp3) is 0.474. The molecule has 1 heterocycles. The van der Waals surface area contributed by atoms with Gasteiger partial charge in [0.25, 0.3) is 5.91 Å². The number of carbonyl (C=O) groups excluding carboxylic acids is 1. The first kappa shape index (κ1) is 18.5. The Bertz CT molecular complexity index is 650. The van der Waals surface area contributed by atoms with Gasteiger partial charge in [-0.05, 0) is 56.9 Å². The quantitative estimate of drug-likeness (QED) is 0.769. The molecule has 0 aliphatic heterocycles. The van der Waals surface area contributed by atoms with Crippen molar-refractivity contribution in [2.24, 2.45) is 5.92 Å². The number of rotatable bonds is 8. The van der Waals surface area contributed by atoms with E-state index in [1.165, 1.54) is 0 Å². The smallest absolute Gasteiger partial charge is 0.258 e. The molecule has 1 atom stereocenters. The number of hydrogen-bond donors (Lipinski definition) is 1. The Hall–Kier alpha value is -1.88. The van der Waals surface area contributed by atoms with Crippen molar-refractivity contribution < 1.29 is 9.53 Å². The second kappa shape index (κ2) is 8.83. The van der Waals surface area contributed by atoms with Gasteiger partial charge >= 0.3 is 0 Å². The van der Waals surface area contributed by atoms with E-state index < -0.39 is 0 Å². The van der Waals surface area contributed by atoms with Crippen LogP contribution in [0.25, 0.3) is 10.6 Å². The molecule has 1 aromatic heterocycles. The largest absolute Gasteiger partial charge is 0.484 e. The standard InChI is InChI=1S/C19H26N2O2S/c1-13(2)5-6-14(3)20-18(22)11-23-17-9-7-16(8-10-17)19-21-15(4)12-24-19/h7-10,12-14H,5-6,11H2,1-4H3,(H,20,22)/t14-/m1/s1. The van der Waals surface area contributed by atoms with E-state index in [0.29, 0.717) is 11.7 Å². The highest BCUT2D eigenvalue weighted by atomic mass is 32.1. The van der Waals surface area contributed by atoms with E-state index in [1.807, 2.05) is 43.5 Å². The molecule has 130 valence electrons. The zero-order chi connectivity index (χ0) is 17.5. The van der Waals surface area contributed by atoms with Crippen LogP contribution in [0, 0.1) is 12.8 Å². The summed E-state index contributed by atoms with van der Waals surface area (Å²) in [5, 5.41) is 6.00. The number of thiazole rings is 1. The van der Waals surface area contributed by atoms with E-state index in [2.05, 4.69) is 24.1 Å². The predicted molar refractivity (Wildman–Crippen MR) is 99.5 cm³/mol. The Labute approximate surface area is 148 Å². The zero-order valence-electron chi connectivity index (χ0n) is 14.8. The van der Waals surface area contributed by atoms with Crippen LogP contribution < -0.4 is 10.1 Å². The first-order valence-corrected chi connectivity index (χ1v) is 9.26. The minimum Gasteiger partial charge on any atom is -0.484 e. The number of aromatic nitrogens is 1. The molecule has 0 saturated heterocycles. The Morgan fingerprint density at radius 3 is 2.50 bits per heavy atom. The van der Waals surface area contributed by atoms with Gasteiger partial charge in [-0.25, -0.2) is 4.98 Å². The van der Waals surface area contributed by atoms with Crippen molar-refractivity contribution in [1.29, 1.82) is 0 Å². The lowest BCUT2D eigenvalue weighted by atomic mass is 10.0. The molecule has 0 saturated carbocycles. The average Bonchev–Trinajstić information content (AvgIpc) is 2.98. The Morgan fingerprint density at radius 2 is 1.92 bits per heavy atom. The topological polar surface area (TPSA) is 51.2 Å². The predicted octanol–water partition coefficient (Wildman–Crippen LogP) is 4.44. The van der Waals surface area contributed by atoms with E-state index in [9.17, 15) is 4.79 Å². The lowest BCUT2D eigenvalue weighted by Crippen LogP contribution is -2.36. The number of carbonyl (C=O) groups is 1. The van der Waals surface area contributed by atoms with Crippen molar-refractivity contribution in [2.75, 3.05) is 6.61 Å². The van der Waals surface area contributed by atoms with Gasteiger partial charge in [0.1, 0.15) is 10.8 Å². The summed E-state index contributed by atoms with van der Waals surface area (Å²) in [4.78, 5) is 16.4. The Balaban J connectivity index is 1.78. The molecule has 1 aromatic carbocycles. The van der Waals surface area contributed by atoms with Crippen molar-refractivity contribution in [1.82, 2.24) is 10.3 Å². The molecule has 1 amide bonds. The number of nitrogens with zero attached hydrogens (tertiary/aromatic N) is 1. The molecule has 0 fully saturated rings. The molecule has 5 heteroatoms. The molecule has 0 aliphatic carbocycles. The third-order valence-electron chi connectivity index (χ3n) is 3.67. The van der Waals surface area contributed by atoms with Gasteiger partial charge in [-0.1, -0.05) is 13.8 Å². The van der Waals surface area contributed by atoms with Crippen molar-refractivity contribution >= 4 is 17.2 Å². The second-order valence-corrected chi connectivity index (χ2v) is 7.40. The summed E-state index contributed by atoms with van der Waals surface area (Å²) >= 11 is 1.62. The zero-order valence-corrected chi connectivity index (χ0v) is 15.7. The summed E-state index contributed by atoms with van der Waals surface area (Å²) in [6, 6.07) is 7.87. The fourth-order valence-corrected chi connectivity index (χ4v) is 3.10. The average molecular weight is 346 g/mol. The van der Waals surface area contributed by atoms with Crippen molar-refractivity contribution in [3.05, 3.63) is 35.3 Å². The molecule has 0 bridgehead atoms. The van der Waals surface area contributed by atoms with E-state index in [0.717, 1.165) is 29.1 Å². The van der Waals surface area contributed by atoms with Crippen LogP contribution in [0.1, 0.15) is 39.3 Å². The molecular weight excluding hydrogens is 320 g/mol. The summed E-state index contributed by atoms with van der Waals surface area (Å²) in [6.07, 6.45) is 2.10. The second-order valence-electron chi connectivity index (χ2n) is 6.55. The minimum absolute atomic E-state index is 0.0434. The molecular formula is C19H26N2O2S. The first-order valence-electron chi connectivity index (χ1n) is 8.38.